The minimum absolute atomic E-state index is 0.132. The van der Waals surface area contributed by atoms with Gasteiger partial charge in [-0.3, -0.25) is 4.90 Å². The third-order valence-corrected chi connectivity index (χ3v) is 4.42. The van der Waals surface area contributed by atoms with Crippen molar-refractivity contribution in [3.05, 3.63) is 35.9 Å². The summed E-state index contributed by atoms with van der Waals surface area (Å²) in [6.45, 7) is 5.21. The molecule has 1 saturated carbocycles. The summed E-state index contributed by atoms with van der Waals surface area (Å²) in [4.78, 5) is 2.55. The molecule has 1 aromatic carbocycles. The Labute approximate surface area is 123 Å². The first-order valence-corrected chi connectivity index (χ1v) is 7.76. The van der Waals surface area contributed by atoms with Gasteiger partial charge in [0.25, 0.3) is 0 Å². The molecule has 2 unspecified atom stereocenters. The normalized spacial score (nSPS) is 18.2. The molecule has 0 saturated heterocycles. The third kappa shape index (κ3) is 4.58. The second kappa shape index (κ2) is 7.77. The van der Waals surface area contributed by atoms with Crippen LogP contribution < -0.4 is 5.73 Å². The van der Waals surface area contributed by atoms with Crippen LogP contribution in [0.1, 0.15) is 37.8 Å². The largest absolute Gasteiger partial charge is 0.383 e. The molecular formula is C17H28N2O. The van der Waals surface area contributed by atoms with Crippen molar-refractivity contribution in [2.24, 2.45) is 11.7 Å². The minimum atomic E-state index is 0.132. The molecule has 0 aromatic heterocycles. The van der Waals surface area contributed by atoms with E-state index in [0.29, 0.717) is 6.04 Å². The Morgan fingerprint density at radius 1 is 1.25 bits per heavy atom. The summed E-state index contributed by atoms with van der Waals surface area (Å²) in [5.74, 6) is 0.889. The Balaban J connectivity index is 1.84. The molecule has 0 bridgehead atoms. The molecule has 2 rings (SSSR count). The zero-order valence-electron chi connectivity index (χ0n) is 12.8. The third-order valence-electron chi connectivity index (χ3n) is 4.42. The summed E-state index contributed by atoms with van der Waals surface area (Å²) in [5, 5.41) is 0. The molecule has 0 spiro atoms. The first-order valence-electron chi connectivity index (χ1n) is 7.76. The summed E-state index contributed by atoms with van der Waals surface area (Å²) in [7, 11) is 1.77. The number of hydrogen-bond donors (Lipinski definition) is 1. The summed E-state index contributed by atoms with van der Waals surface area (Å²) in [6, 6.07) is 11.2. The highest BCUT2D eigenvalue weighted by Crippen LogP contribution is 2.35. The highest BCUT2D eigenvalue weighted by atomic mass is 16.5. The lowest BCUT2D eigenvalue weighted by atomic mass is 10.0. The predicted octanol–water partition coefficient (Wildman–Crippen LogP) is 2.82. The van der Waals surface area contributed by atoms with Crippen LogP contribution >= 0.6 is 0 Å². The van der Waals surface area contributed by atoms with E-state index in [0.717, 1.165) is 32.0 Å². The number of ether oxygens (including phenoxy) is 1. The second-order valence-electron chi connectivity index (χ2n) is 5.91. The van der Waals surface area contributed by atoms with Crippen LogP contribution in [-0.4, -0.2) is 37.7 Å². The van der Waals surface area contributed by atoms with Crippen molar-refractivity contribution >= 4 is 0 Å². The van der Waals surface area contributed by atoms with Gasteiger partial charge < -0.3 is 10.5 Å². The maximum Gasteiger partial charge on any atom is 0.0589 e. The number of nitrogens with zero attached hydrogens (tertiary/aromatic N) is 1. The predicted molar refractivity (Wildman–Crippen MR) is 83.6 cm³/mol. The van der Waals surface area contributed by atoms with Gasteiger partial charge in [-0.2, -0.15) is 0 Å². The van der Waals surface area contributed by atoms with Gasteiger partial charge >= 0.3 is 0 Å². The van der Waals surface area contributed by atoms with Gasteiger partial charge in [0.05, 0.1) is 6.61 Å². The Bertz CT molecular complexity index is 378. The van der Waals surface area contributed by atoms with Crippen LogP contribution in [0.15, 0.2) is 30.3 Å². The fraction of sp³-hybridized carbons (Fsp3) is 0.647. The topological polar surface area (TPSA) is 38.5 Å². The molecule has 3 nitrogen and oxygen atoms in total. The SMILES string of the molecule is COCCN(CCC(N)c1ccccc1)C(C)C1CC1. The van der Waals surface area contributed by atoms with Gasteiger partial charge in [-0.05, 0) is 37.7 Å². The Morgan fingerprint density at radius 3 is 2.55 bits per heavy atom. The van der Waals surface area contributed by atoms with E-state index in [9.17, 15) is 0 Å². The Morgan fingerprint density at radius 2 is 1.95 bits per heavy atom. The van der Waals surface area contributed by atoms with Crippen molar-refractivity contribution in [2.45, 2.75) is 38.3 Å². The summed E-state index contributed by atoms with van der Waals surface area (Å²) in [5.41, 5.74) is 7.54. The van der Waals surface area contributed by atoms with Gasteiger partial charge in [0, 0.05) is 32.3 Å². The molecule has 0 heterocycles. The average molecular weight is 276 g/mol. The van der Waals surface area contributed by atoms with E-state index in [-0.39, 0.29) is 6.04 Å². The van der Waals surface area contributed by atoms with E-state index in [1.807, 2.05) is 6.07 Å². The lowest BCUT2D eigenvalue weighted by Crippen LogP contribution is -2.38. The van der Waals surface area contributed by atoms with Crippen LogP contribution in [0.3, 0.4) is 0 Å². The number of methoxy groups -OCH3 is 1. The van der Waals surface area contributed by atoms with Gasteiger partial charge in [0.1, 0.15) is 0 Å². The molecule has 2 atom stereocenters. The average Bonchev–Trinajstić information content (AvgIpc) is 3.32. The van der Waals surface area contributed by atoms with Crippen LogP contribution in [0.4, 0.5) is 0 Å². The zero-order valence-corrected chi connectivity index (χ0v) is 12.8. The molecule has 0 amide bonds. The second-order valence-corrected chi connectivity index (χ2v) is 5.91. The van der Waals surface area contributed by atoms with Crippen molar-refractivity contribution < 1.29 is 4.74 Å². The highest BCUT2D eigenvalue weighted by molar-refractivity contribution is 5.18. The summed E-state index contributed by atoms with van der Waals surface area (Å²) >= 11 is 0. The maximum absolute atomic E-state index is 6.31. The van der Waals surface area contributed by atoms with E-state index in [2.05, 4.69) is 36.1 Å². The molecule has 112 valence electrons. The molecule has 2 N–H and O–H groups in total. The molecule has 1 aliphatic rings. The van der Waals surface area contributed by atoms with E-state index in [4.69, 9.17) is 10.5 Å². The van der Waals surface area contributed by atoms with E-state index < -0.39 is 0 Å². The van der Waals surface area contributed by atoms with E-state index in [1.54, 1.807) is 7.11 Å². The summed E-state index contributed by atoms with van der Waals surface area (Å²) in [6.07, 6.45) is 3.77. The van der Waals surface area contributed by atoms with Crippen LogP contribution in [0.5, 0.6) is 0 Å². The number of benzene rings is 1. The van der Waals surface area contributed by atoms with Crippen LogP contribution in [0.2, 0.25) is 0 Å². The lowest BCUT2D eigenvalue weighted by Gasteiger charge is -2.30. The van der Waals surface area contributed by atoms with E-state index >= 15 is 0 Å². The first-order chi connectivity index (χ1) is 9.72. The highest BCUT2D eigenvalue weighted by Gasteiger charge is 2.31. The molecular weight excluding hydrogens is 248 g/mol. The van der Waals surface area contributed by atoms with Crippen molar-refractivity contribution in [2.75, 3.05) is 26.8 Å². The fourth-order valence-corrected chi connectivity index (χ4v) is 2.78. The van der Waals surface area contributed by atoms with Gasteiger partial charge in [0.15, 0.2) is 0 Å². The van der Waals surface area contributed by atoms with E-state index in [1.165, 1.54) is 18.4 Å². The number of hydrogen-bond acceptors (Lipinski definition) is 3. The molecule has 1 aromatic rings. The number of nitrogens with two attached hydrogens (primary N) is 1. The van der Waals surface area contributed by atoms with Crippen LogP contribution in [0.25, 0.3) is 0 Å². The smallest absolute Gasteiger partial charge is 0.0589 e. The minimum Gasteiger partial charge on any atom is -0.383 e. The van der Waals surface area contributed by atoms with Crippen molar-refractivity contribution in [3.63, 3.8) is 0 Å². The quantitative estimate of drug-likeness (QED) is 0.754. The van der Waals surface area contributed by atoms with Gasteiger partial charge in [0.2, 0.25) is 0 Å². The molecule has 0 radical (unpaired) electrons. The standard InChI is InChI=1S/C17H28N2O/c1-14(15-8-9-15)19(12-13-20-2)11-10-17(18)16-6-4-3-5-7-16/h3-7,14-15,17H,8-13,18H2,1-2H3. The Kier molecular flexibility index (Phi) is 6.02. The molecule has 3 heteroatoms. The van der Waals surface area contributed by atoms with Gasteiger partial charge in [-0.25, -0.2) is 0 Å². The molecule has 20 heavy (non-hydrogen) atoms. The van der Waals surface area contributed by atoms with Crippen molar-refractivity contribution in [1.29, 1.82) is 0 Å². The zero-order chi connectivity index (χ0) is 14.4. The molecule has 1 aliphatic carbocycles. The fourth-order valence-electron chi connectivity index (χ4n) is 2.78. The monoisotopic (exact) mass is 276 g/mol. The maximum atomic E-state index is 6.31. The van der Waals surface area contributed by atoms with Crippen molar-refractivity contribution in [1.82, 2.24) is 4.90 Å². The summed E-state index contributed by atoms with van der Waals surface area (Å²) < 4.78 is 5.24. The van der Waals surface area contributed by atoms with Crippen LogP contribution in [-0.2, 0) is 4.74 Å². The first kappa shape index (κ1) is 15.5. The molecule has 0 aliphatic heterocycles. The molecule has 1 fully saturated rings. The van der Waals surface area contributed by atoms with Gasteiger partial charge in [-0.15, -0.1) is 0 Å². The number of rotatable bonds is 9. The Hall–Kier alpha value is -0.900. The lowest BCUT2D eigenvalue weighted by molar-refractivity contribution is 0.114. The van der Waals surface area contributed by atoms with Gasteiger partial charge in [-0.1, -0.05) is 30.3 Å². The van der Waals surface area contributed by atoms with Crippen LogP contribution in [0, 0.1) is 5.92 Å². The van der Waals surface area contributed by atoms with Crippen molar-refractivity contribution in [3.8, 4) is 0 Å².